The van der Waals surface area contributed by atoms with Crippen LogP contribution < -0.4 is 5.32 Å². The Labute approximate surface area is 107 Å². The average Bonchev–Trinajstić information content (AvgIpc) is 2.66. The second-order valence-corrected chi connectivity index (χ2v) is 6.09. The number of carbonyl (C=O) groups excluding carboxylic acids is 1. The van der Waals surface area contributed by atoms with E-state index in [1.165, 1.54) is 9.75 Å². The highest BCUT2D eigenvalue weighted by atomic mass is 32.1. The molecule has 0 aliphatic rings. The third-order valence-corrected chi connectivity index (χ3v) is 3.79. The molecule has 1 aromatic rings. The lowest BCUT2D eigenvalue weighted by molar-refractivity contribution is -0.142. The fraction of sp³-hybridized carbons (Fsp3) is 0.615. The monoisotopic (exact) mass is 255 g/mol. The van der Waals surface area contributed by atoms with Crippen LogP contribution in [0.4, 0.5) is 0 Å². The number of nitrogens with one attached hydrogen (secondary N) is 1. The molecule has 1 aromatic heterocycles. The smallest absolute Gasteiger partial charge is 0.319 e. The fourth-order valence-corrected chi connectivity index (χ4v) is 2.41. The maximum atomic E-state index is 11.1. The number of hydrogen-bond acceptors (Lipinski definition) is 4. The predicted molar refractivity (Wildman–Crippen MR) is 71.4 cm³/mol. The minimum atomic E-state index is -0.194. The maximum Gasteiger partial charge on any atom is 0.319 e. The molecule has 96 valence electrons. The summed E-state index contributed by atoms with van der Waals surface area (Å²) >= 11 is 1.79. The molecule has 0 atom stereocenters. The summed E-state index contributed by atoms with van der Waals surface area (Å²) in [6.45, 7) is 9.86. The lowest BCUT2D eigenvalue weighted by atomic mass is 9.95. The van der Waals surface area contributed by atoms with Crippen molar-refractivity contribution in [2.75, 3.05) is 13.2 Å². The van der Waals surface area contributed by atoms with Crippen LogP contribution in [0, 0.1) is 0 Å². The van der Waals surface area contributed by atoms with Crippen LogP contribution in [0.2, 0.25) is 0 Å². The number of rotatable bonds is 5. The van der Waals surface area contributed by atoms with Crippen molar-refractivity contribution in [1.29, 1.82) is 0 Å². The zero-order valence-corrected chi connectivity index (χ0v) is 11.8. The van der Waals surface area contributed by atoms with E-state index in [0.717, 1.165) is 6.54 Å². The van der Waals surface area contributed by atoms with E-state index in [9.17, 15) is 4.79 Å². The number of hydrogen-bond donors (Lipinski definition) is 1. The summed E-state index contributed by atoms with van der Waals surface area (Å²) in [6, 6.07) is 4.27. The molecule has 17 heavy (non-hydrogen) atoms. The van der Waals surface area contributed by atoms with Crippen molar-refractivity contribution >= 4 is 17.3 Å². The lowest BCUT2D eigenvalue weighted by Crippen LogP contribution is -2.23. The van der Waals surface area contributed by atoms with Gasteiger partial charge in [0.05, 0.1) is 13.2 Å². The number of esters is 1. The Bertz CT molecular complexity index is 366. The van der Waals surface area contributed by atoms with Gasteiger partial charge in [0.2, 0.25) is 0 Å². The van der Waals surface area contributed by atoms with Crippen molar-refractivity contribution < 1.29 is 9.53 Å². The minimum absolute atomic E-state index is 0.194. The van der Waals surface area contributed by atoms with E-state index >= 15 is 0 Å². The molecule has 0 aliphatic carbocycles. The number of ether oxygens (including phenoxy) is 1. The molecule has 0 fully saturated rings. The highest BCUT2D eigenvalue weighted by Gasteiger charge is 2.15. The van der Waals surface area contributed by atoms with Crippen LogP contribution in [0.3, 0.4) is 0 Å². The van der Waals surface area contributed by atoms with Crippen molar-refractivity contribution in [1.82, 2.24) is 5.32 Å². The number of carbonyl (C=O) groups is 1. The third-order valence-electron chi connectivity index (χ3n) is 2.27. The third kappa shape index (κ3) is 4.88. The molecule has 0 aliphatic heterocycles. The van der Waals surface area contributed by atoms with Crippen LogP contribution in [0.1, 0.15) is 37.4 Å². The quantitative estimate of drug-likeness (QED) is 0.822. The minimum Gasteiger partial charge on any atom is -0.465 e. The maximum absolute atomic E-state index is 11.1. The molecule has 3 nitrogen and oxygen atoms in total. The largest absolute Gasteiger partial charge is 0.465 e. The van der Waals surface area contributed by atoms with E-state index in [-0.39, 0.29) is 17.9 Å². The van der Waals surface area contributed by atoms with Crippen LogP contribution in [-0.2, 0) is 21.5 Å². The molecule has 0 unspecified atom stereocenters. The molecule has 1 N–H and O–H groups in total. The molecule has 0 spiro atoms. The molecule has 0 bridgehead atoms. The highest BCUT2D eigenvalue weighted by molar-refractivity contribution is 7.12. The first kappa shape index (κ1) is 14.2. The van der Waals surface area contributed by atoms with E-state index in [0.29, 0.717) is 6.61 Å². The molecule has 1 heterocycles. The van der Waals surface area contributed by atoms with Gasteiger partial charge in [-0.3, -0.25) is 4.79 Å². The second-order valence-electron chi connectivity index (χ2n) is 4.92. The van der Waals surface area contributed by atoms with Gasteiger partial charge in [0, 0.05) is 16.3 Å². The summed E-state index contributed by atoms with van der Waals surface area (Å²) in [5.41, 5.74) is 0.198. The summed E-state index contributed by atoms with van der Waals surface area (Å²) in [5, 5.41) is 3.09. The molecule has 4 heteroatoms. The van der Waals surface area contributed by atoms with Crippen LogP contribution in [0.15, 0.2) is 12.1 Å². The Morgan fingerprint density at radius 3 is 2.65 bits per heavy atom. The van der Waals surface area contributed by atoms with Gasteiger partial charge >= 0.3 is 5.97 Å². The Morgan fingerprint density at radius 1 is 1.41 bits per heavy atom. The zero-order chi connectivity index (χ0) is 12.9. The van der Waals surface area contributed by atoms with Crippen molar-refractivity contribution in [3.63, 3.8) is 0 Å². The topological polar surface area (TPSA) is 38.3 Å². The van der Waals surface area contributed by atoms with E-state index < -0.39 is 0 Å². The van der Waals surface area contributed by atoms with Crippen LogP contribution >= 0.6 is 11.3 Å². The average molecular weight is 255 g/mol. The first-order valence-electron chi connectivity index (χ1n) is 5.89. The van der Waals surface area contributed by atoms with E-state index in [1.54, 1.807) is 11.3 Å². The lowest BCUT2D eigenvalue weighted by Gasteiger charge is -2.15. The van der Waals surface area contributed by atoms with Gasteiger partial charge in [-0.1, -0.05) is 20.8 Å². The predicted octanol–water partition coefficient (Wildman–Crippen LogP) is 2.70. The number of thiophene rings is 1. The molecular weight excluding hydrogens is 234 g/mol. The summed E-state index contributed by atoms with van der Waals surface area (Å²) < 4.78 is 4.84. The van der Waals surface area contributed by atoms with Crippen molar-refractivity contribution in [3.8, 4) is 0 Å². The normalized spacial score (nSPS) is 11.5. The van der Waals surface area contributed by atoms with Crippen molar-refractivity contribution in [2.24, 2.45) is 0 Å². The van der Waals surface area contributed by atoms with Gasteiger partial charge in [0.15, 0.2) is 0 Å². The molecule has 0 saturated carbocycles. The van der Waals surface area contributed by atoms with Crippen LogP contribution in [-0.4, -0.2) is 19.1 Å². The van der Waals surface area contributed by atoms with Crippen molar-refractivity contribution in [3.05, 3.63) is 21.9 Å². The van der Waals surface area contributed by atoms with Gasteiger partial charge in [0.1, 0.15) is 0 Å². The zero-order valence-electron chi connectivity index (χ0n) is 11.0. The highest BCUT2D eigenvalue weighted by Crippen LogP contribution is 2.29. The van der Waals surface area contributed by atoms with Gasteiger partial charge in [0.25, 0.3) is 0 Å². The molecule has 0 aromatic carbocycles. The molecule has 0 saturated heterocycles. The molecular formula is C13H21NO2S. The molecule has 0 amide bonds. The van der Waals surface area contributed by atoms with Gasteiger partial charge < -0.3 is 10.1 Å². The first-order chi connectivity index (χ1) is 7.93. The summed E-state index contributed by atoms with van der Waals surface area (Å²) in [6.07, 6.45) is 0. The van der Waals surface area contributed by atoms with Gasteiger partial charge in [-0.05, 0) is 24.5 Å². The van der Waals surface area contributed by atoms with Crippen molar-refractivity contribution in [2.45, 2.75) is 39.7 Å². The Kier molecular flexibility index (Phi) is 5.15. The van der Waals surface area contributed by atoms with E-state index in [1.807, 2.05) is 6.92 Å². The first-order valence-corrected chi connectivity index (χ1v) is 6.70. The van der Waals surface area contributed by atoms with Crippen LogP contribution in [0.5, 0.6) is 0 Å². The Morgan fingerprint density at radius 2 is 2.12 bits per heavy atom. The molecule has 0 radical (unpaired) electrons. The second kappa shape index (κ2) is 6.17. The van der Waals surface area contributed by atoms with Crippen LogP contribution in [0.25, 0.3) is 0 Å². The standard InChI is InChI=1S/C13H21NO2S/c1-5-16-12(15)9-14-8-10-6-7-11(17-10)13(2,3)4/h6-7,14H,5,8-9H2,1-4H3. The van der Waals surface area contributed by atoms with Gasteiger partial charge in [-0.2, -0.15) is 0 Å². The molecule has 1 rings (SSSR count). The fourth-order valence-electron chi connectivity index (χ4n) is 1.38. The van der Waals surface area contributed by atoms with E-state index in [4.69, 9.17) is 4.74 Å². The Balaban J connectivity index is 2.38. The summed E-state index contributed by atoms with van der Waals surface area (Å²) in [4.78, 5) is 13.7. The van der Waals surface area contributed by atoms with E-state index in [2.05, 4.69) is 38.2 Å². The van der Waals surface area contributed by atoms with Gasteiger partial charge in [-0.25, -0.2) is 0 Å². The van der Waals surface area contributed by atoms with Gasteiger partial charge in [-0.15, -0.1) is 11.3 Å². The summed E-state index contributed by atoms with van der Waals surface area (Å²) in [7, 11) is 0. The Hall–Kier alpha value is -0.870. The summed E-state index contributed by atoms with van der Waals surface area (Å²) in [5.74, 6) is -0.194. The SMILES string of the molecule is CCOC(=O)CNCc1ccc(C(C)(C)C)s1.